The molecule has 0 fully saturated rings. The van der Waals surface area contributed by atoms with Gasteiger partial charge in [-0.25, -0.2) is 0 Å². The number of carbonyl (C=O) groups is 1. The molecule has 0 aliphatic rings. The van der Waals surface area contributed by atoms with Crippen LogP contribution < -0.4 is 11.5 Å². The molecule has 5 heteroatoms. The first-order valence-corrected chi connectivity index (χ1v) is 3.05. The Balaban J connectivity index is 3.69. The van der Waals surface area contributed by atoms with Crippen LogP contribution in [0.1, 0.15) is 6.42 Å². The lowest BCUT2D eigenvalue weighted by molar-refractivity contribution is -0.371. The van der Waals surface area contributed by atoms with Crippen LogP contribution in [0.15, 0.2) is 0 Å². The second-order valence-electron chi connectivity index (χ2n) is 2.07. The van der Waals surface area contributed by atoms with E-state index in [1.807, 2.05) is 0 Å². The molecule has 0 unspecified atom stereocenters. The van der Waals surface area contributed by atoms with Gasteiger partial charge in [-0.2, -0.15) is 0 Å². The maximum absolute atomic E-state index is 10.1. The third-order valence-corrected chi connectivity index (χ3v) is 1.20. The quantitative estimate of drug-likeness (QED) is 0.351. The normalized spacial score (nSPS) is 16.3. The van der Waals surface area contributed by atoms with Gasteiger partial charge in [0.2, 0.25) is 0 Å². The lowest BCUT2D eigenvalue weighted by Crippen LogP contribution is -2.53. The summed E-state index contributed by atoms with van der Waals surface area (Å²) >= 11 is 0. The van der Waals surface area contributed by atoms with E-state index in [0.29, 0.717) is 13.0 Å². The van der Waals surface area contributed by atoms with Gasteiger partial charge in [-0.15, -0.1) is 0 Å². The Bertz CT molecular complexity index is 117. The highest BCUT2D eigenvalue weighted by molar-refractivity contribution is 5.73. The van der Waals surface area contributed by atoms with Crippen LogP contribution in [-0.4, -0.2) is 34.9 Å². The van der Waals surface area contributed by atoms with Crippen molar-refractivity contribution in [3.05, 3.63) is 0 Å². The summed E-state index contributed by atoms with van der Waals surface area (Å²) in [6.07, 6.45) is -0.650. The van der Waals surface area contributed by atoms with Gasteiger partial charge >= 0.3 is 5.97 Å². The zero-order valence-electron chi connectivity index (χ0n) is 5.66. The lowest BCUT2D eigenvalue weighted by Gasteiger charge is -2.11. The Morgan fingerprint density at radius 1 is 1.70 bits per heavy atom. The Kier molecular flexibility index (Phi) is 3.94. The summed E-state index contributed by atoms with van der Waals surface area (Å²) in [5.74, 6) is -1.18. The fraction of sp³-hybridized carbons (Fsp3) is 0.800. The molecule has 0 rings (SSSR count). The van der Waals surface area contributed by atoms with Crippen LogP contribution in [0.25, 0.3) is 0 Å². The molecular weight excluding hydrogens is 136 g/mol. The highest BCUT2D eigenvalue weighted by Crippen LogP contribution is 1.93. The SMILES string of the molecule is N[C@H](C(=O)O)[C@H](O)CC[NH3+]. The van der Waals surface area contributed by atoms with Crippen LogP contribution in [0.3, 0.4) is 0 Å². The van der Waals surface area contributed by atoms with Crippen molar-refractivity contribution >= 4 is 5.97 Å². The Morgan fingerprint density at radius 3 is 2.50 bits per heavy atom. The van der Waals surface area contributed by atoms with Gasteiger partial charge in [-0.1, -0.05) is 0 Å². The van der Waals surface area contributed by atoms with Crippen molar-refractivity contribution in [2.24, 2.45) is 5.73 Å². The molecule has 0 bridgehead atoms. The molecule has 0 saturated carbocycles. The number of nitrogens with two attached hydrogens (primary N) is 1. The molecule has 7 N–H and O–H groups in total. The molecule has 10 heavy (non-hydrogen) atoms. The van der Waals surface area contributed by atoms with Crippen molar-refractivity contribution in [2.75, 3.05) is 6.54 Å². The third kappa shape index (κ3) is 2.77. The topological polar surface area (TPSA) is 111 Å². The van der Waals surface area contributed by atoms with Crippen LogP contribution >= 0.6 is 0 Å². The predicted molar refractivity (Wildman–Crippen MR) is 34.0 cm³/mol. The largest absolute Gasteiger partial charge is 0.480 e. The summed E-state index contributed by atoms with van der Waals surface area (Å²) in [6, 6.07) is -1.18. The third-order valence-electron chi connectivity index (χ3n) is 1.20. The minimum Gasteiger partial charge on any atom is -0.480 e. The highest BCUT2D eigenvalue weighted by atomic mass is 16.4. The molecule has 0 aliphatic heterocycles. The average Bonchev–Trinajstić information content (AvgIpc) is 1.87. The van der Waals surface area contributed by atoms with Gasteiger partial charge in [0.25, 0.3) is 0 Å². The summed E-state index contributed by atoms with van der Waals surface area (Å²) in [5, 5.41) is 17.2. The molecule has 0 aromatic heterocycles. The maximum Gasteiger partial charge on any atom is 0.323 e. The van der Waals surface area contributed by atoms with Crippen molar-refractivity contribution in [1.82, 2.24) is 0 Å². The van der Waals surface area contributed by atoms with Crippen LogP contribution in [-0.2, 0) is 4.79 Å². The van der Waals surface area contributed by atoms with Crippen LogP contribution in [0.2, 0.25) is 0 Å². The van der Waals surface area contributed by atoms with Crippen molar-refractivity contribution in [3.63, 3.8) is 0 Å². The number of quaternary nitrogens is 1. The van der Waals surface area contributed by atoms with E-state index in [2.05, 4.69) is 5.73 Å². The van der Waals surface area contributed by atoms with Gasteiger partial charge < -0.3 is 21.7 Å². The Morgan fingerprint density at radius 2 is 2.20 bits per heavy atom. The number of hydrogen-bond acceptors (Lipinski definition) is 3. The predicted octanol–water partition coefficient (Wildman–Crippen LogP) is -2.61. The fourth-order valence-electron chi connectivity index (χ4n) is 0.553. The number of aliphatic hydroxyl groups excluding tert-OH is 1. The summed E-state index contributed by atoms with van der Waals surface area (Å²) in [5.41, 5.74) is 8.53. The number of carboxylic acids is 1. The first-order valence-electron chi connectivity index (χ1n) is 3.05. The van der Waals surface area contributed by atoms with Crippen molar-refractivity contribution in [3.8, 4) is 0 Å². The van der Waals surface area contributed by atoms with Crippen molar-refractivity contribution in [2.45, 2.75) is 18.6 Å². The zero-order valence-corrected chi connectivity index (χ0v) is 5.66. The summed E-state index contributed by atoms with van der Waals surface area (Å²) in [6.45, 7) is 0.488. The van der Waals surface area contributed by atoms with E-state index >= 15 is 0 Å². The van der Waals surface area contributed by atoms with E-state index in [-0.39, 0.29) is 0 Å². The number of rotatable bonds is 4. The second kappa shape index (κ2) is 4.21. The van der Waals surface area contributed by atoms with Crippen molar-refractivity contribution in [1.29, 1.82) is 0 Å². The average molecular weight is 149 g/mol. The lowest BCUT2D eigenvalue weighted by atomic mass is 10.1. The minimum absolute atomic E-state index is 0.327. The molecule has 0 aromatic carbocycles. The van der Waals surface area contributed by atoms with Crippen molar-refractivity contribution < 1.29 is 20.7 Å². The van der Waals surface area contributed by atoms with E-state index < -0.39 is 18.1 Å². The summed E-state index contributed by atoms with van der Waals surface area (Å²) in [4.78, 5) is 10.1. The van der Waals surface area contributed by atoms with E-state index in [1.165, 1.54) is 0 Å². The molecule has 0 aromatic rings. The number of hydrogen-bond donors (Lipinski definition) is 4. The van der Waals surface area contributed by atoms with E-state index in [1.54, 1.807) is 0 Å². The minimum atomic E-state index is -1.18. The van der Waals surface area contributed by atoms with Gasteiger partial charge in [-0.3, -0.25) is 4.79 Å². The molecule has 0 saturated heterocycles. The number of carboxylic acid groups (broad SMARTS) is 1. The standard InChI is InChI=1S/C5H12N2O3/c6-2-1-3(8)4(7)5(9)10/h3-4,8H,1-2,6-7H2,(H,9,10)/p+1/t3-,4+/m1/s1. The summed E-state index contributed by atoms with van der Waals surface area (Å²) in [7, 11) is 0. The first-order chi connectivity index (χ1) is 4.59. The Hall–Kier alpha value is -0.650. The molecule has 0 amide bonds. The monoisotopic (exact) mass is 149 g/mol. The van der Waals surface area contributed by atoms with Crippen LogP contribution in [0, 0.1) is 0 Å². The number of aliphatic carboxylic acids is 1. The van der Waals surface area contributed by atoms with Gasteiger partial charge in [0, 0.05) is 6.42 Å². The smallest absolute Gasteiger partial charge is 0.323 e. The second-order valence-corrected chi connectivity index (χ2v) is 2.07. The molecule has 0 spiro atoms. The Labute approximate surface area is 58.6 Å². The molecule has 2 atom stereocenters. The number of aliphatic hydroxyl groups is 1. The van der Waals surface area contributed by atoms with E-state index in [4.69, 9.17) is 15.9 Å². The van der Waals surface area contributed by atoms with Crippen LogP contribution in [0.4, 0.5) is 0 Å². The van der Waals surface area contributed by atoms with Gasteiger partial charge in [0.1, 0.15) is 6.04 Å². The molecule has 0 radical (unpaired) electrons. The van der Waals surface area contributed by atoms with E-state index in [9.17, 15) is 4.79 Å². The molecular formula is C5H13N2O3+. The molecule has 5 nitrogen and oxygen atoms in total. The highest BCUT2D eigenvalue weighted by Gasteiger charge is 2.21. The fourth-order valence-corrected chi connectivity index (χ4v) is 0.553. The van der Waals surface area contributed by atoms with Gasteiger partial charge in [-0.05, 0) is 0 Å². The van der Waals surface area contributed by atoms with Crippen LogP contribution in [0.5, 0.6) is 0 Å². The van der Waals surface area contributed by atoms with Gasteiger partial charge in [0.15, 0.2) is 0 Å². The molecule has 0 aliphatic carbocycles. The zero-order chi connectivity index (χ0) is 8.15. The maximum atomic E-state index is 10.1. The molecule has 60 valence electrons. The first kappa shape index (κ1) is 9.35. The van der Waals surface area contributed by atoms with Gasteiger partial charge in [0.05, 0.1) is 12.6 Å². The molecule has 0 heterocycles. The summed E-state index contributed by atoms with van der Waals surface area (Å²) < 4.78 is 0. The van der Waals surface area contributed by atoms with E-state index in [0.717, 1.165) is 0 Å².